The molecule has 41 heavy (non-hydrogen) atoms. The van der Waals surface area contributed by atoms with E-state index in [0.717, 1.165) is 12.4 Å². The Morgan fingerprint density at radius 3 is 2.32 bits per heavy atom. The second-order valence-corrected chi connectivity index (χ2v) is 10.5. The van der Waals surface area contributed by atoms with Gasteiger partial charge in [0.25, 0.3) is 5.56 Å². The highest BCUT2D eigenvalue weighted by Crippen LogP contribution is 2.38. The van der Waals surface area contributed by atoms with Gasteiger partial charge in [0, 0.05) is 36.3 Å². The SMILES string of the molecule is CC(c1c(F)cc(F)cc1F)n1cnc(=O)c2cc(Oc3cccc(B4OCC(C)(C)CO4)c3C(F)(F)F)ccc21. The Balaban J connectivity index is 1.54. The molecule has 0 radical (unpaired) electrons. The van der Waals surface area contributed by atoms with E-state index in [0.29, 0.717) is 12.1 Å². The molecule has 1 aromatic heterocycles. The Bertz CT molecular complexity index is 1660. The second-order valence-electron chi connectivity index (χ2n) is 10.5. The number of benzene rings is 3. The van der Waals surface area contributed by atoms with Gasteiger partial charge in [0.1, 0.15) is 29.0 Å². The van der Waals surface area contributed by atoms with E-state index in [2.05, 4.69) is 4.98 Å². The monoisotopic (exact) mass is 576 g/mol. The molecule has 1 saturated heterocycles. The lowest BCUT2D eigenvalue weighted by molar-refractivity contribution is -0.138. The lowest BCUT2D eigenvalue weighted by atomic mass is 9.73. The number of ether oxygens (including phenoxy) is 1. The van der Waals surface area contributed by atoms with Crippen molar-refractivity contribution in [3.05, 3.63) is 93.8 Å². The summed E-state index contributed by atoms with van der Waals surface area (Å²) in [6, 6.07) is 7.62. The minimum Gasteiger partial charge on any atom is -0.457 e. The Hall–Kier alpha value is -3.84. The van der Waals surface area contributed by atoms with Crippen LogP contribution in [-0.2, 0) is 15.5 Å². The normalized spacial score (nSPS) is 16.2. The predicted molar refractivity (Wildman–Crippen MR) is 139 cm³/mol. The number of alkyl halides is 3. The Kier molecular flexibility index (Phi) is 7.37. The van der Waals surface area contributed by atoms with E-state index in [4.69, 9.17) is 14.0 Å². The fourth-order valence-electron chi connectivity index (χ4n) is 4.75. The number of fused-ring (bicyclic) bond motifs is 1. The summed E-state index contributed by atoms with van der Waals surface area (Å²) in [5.74, 6) is -4.00. The van der Waals surface area contributed by atoms with Gasteiger partial charge < -0.3 is 18.6 Å². The molecule has 1 fully saturated rings. The summed E-state index contributed by atoms with van der Waals surface area (Å²) in [5.41, 5.74) is -2.74. The van der Waals surface area contributed by atoms with Crippen molar-refractivity contribution in [2.24, 2.45) is 5.41 Å². The average molecular weight is 576 g/mol. The summed E-state index contributed by atoms with van der Waals surface area (Å²) in [6.07, 6.45) is -3.76. The zero-order chi connectivity index (χ0) is 29.7. The van der Waals surface area contributed by atoms with Gasteiger partial charge in [-0.25, -0.2) is 13.2 Å². The maximum atomic E-state index is 14.5. The molecule has 0 spiro atoms. The van der Waals surface area contributed by atoms with Gasteiger partial charge in [-0.3, -0.25) is 4.79 Å². The molecule has 214 valence electrons. The zero-order valence-electron chi connectivity index (χ0n) is 22.1. The third-order valence-corrected chi connectivity index (χ3v) is 6.73. The predicted octanol–water partition coefficient (Wildman–Crippen LogP) is 6.00. The van der Waals surface area contributed by atoms with Gasteiger partial charge in [-0.15, -0.1) is 0 Å². The standard InChI is InChI=1S/C28H23BF6N2O4/c1-15(24-20(31)9-16(30)10-21(24)32)37-14-36-26(38)18-11-17(7-8-22(18)37)41-23-6-4-5-19(25(23)28(33,34)35)29-39-12-27(2,3)13-40-29/h4-11,14-15H,12-13H2,1-3H3. The Labute approximate surface area is 230 Å². The molecule has 1 aliphatic heterocycles. The number of hydrogen-bond acceptors (Lipinski definition) is 5. The molecule has 4 aromatic rings. The summed E-state index contributed by atoms with van der Waals surface area (Å²) >= 11 is 0. The first-order valence-electron chi connectivity index (χ1n) is 12.5. The molecular formula is C28H23BF6N2O4. The summed E-state index contributed by atoms with van der Waals surface area (Å²) in [6.45, 7) is 5.53. The first-order valence-corrected chi connectivity index (χ1v) is 12.5. The first-order chi connectivity index (χ1) is 19.2. The van der Waals surface area contributed by atoms with E-state index in [9.17, 15) is 31.1 Å². The van der Waals surface area contributed by atoms with Gasteiger partial charge in [0.2, 0.25) is 0 Å². The van der Waals surface area contributed by atoms with Crippen molar-refractivity contribution in [1.82, 2.24) is 9.55 Å². The lowest BCUT2D eigenvalue weighted by Crippen LogP contribution is -2.49. The summed E-state index contributed by atoms with van der Waals surface area (Å²) in [5, 5.41) is -0.0781. The topological polar surface area (TPSA) is 62.6 Å². The van der Waals surface area contributed by atoms with Crippen LogP contribution in [0.5, 0.6) is 11.5 Å². The van der Waals surface area contributed by atoms with Gasteiger partial charge in [-0.1, -0.05) is 26.0 Å². The van der Waals surface area contributed by atoms with E-state index >= 15 is 0 Å². The molecule has 13 heteroatoms. The molecule has 0 bridgehead atoms. The highest BCUT2D eigenvalue weighted by Gasteiger charge is 2.43. The van der Waals surface area contributed by atoms with E-state index in [1.165, 1.54) is 41.8 Å². The van der Waals surface area contributed by atoms with Crippen LogP contribution in [0.2, 0.25) is 0 Å². The number of hydrogen-bond donors (Lipinski definition) is 0. The quantitative estimate of drug-likeness (QED) is 0.216. The molecule has 1 atom stereocenters. The van der Waals surface area contributed by atoms with Gasteiger partial charge in [0.15, 0.2) is 0 Å². The minimum absolute atomic E-state index is 0.0781. The average Bonchev–Trinajstić information content (AvgIpc) is 2.88. The van der Waals surface area contributed by atoms with Crippen molar-refractivity contribution in [1.29, 1.82) is 0 Å². The number of halogens is 6. The van der Waals surface area contributed by atoms with Crippen LogP contribution in [0.15, 0.2) is 59.7 Å². The molecule has 0 N–H and O–H groups in total. The summed E-state index contributed by atoms with van der Waals surface area (Å²) < 4.78 is 103. The highest BCUT2D eigenvalue weighted by molar-refractivity contribution is 6.62. The van der Waals surface area contributed by atoms with Crippen LogP contribution in [0.4, 0.5) is 26.3 Å². The minimum atomic E-state index is -4.84. The molecule has 1 aliphatic rings. The second kappa shape index (κ2) is 10.5. The first kappa shape index (κ1) is 28.7. The molecule has 0 aliphatic carbocycles. The maximum Gasteiger partial charge on any atom is 0.494 e. The smallest absolute Gasteiger partial charge is 0.457 e. The van der Waals surface area contributed by atoms with Crippen LogP contribution < -0.4 is 15.8 Å². The van der Waals surface area contributed by atoms with Gasteiger partial charge in [-0.2, -0.15) is 18.2 Å². The van der Waals surface area contributed by atoms with Crippen molar-refractivity contribution < 1.29 is 40.4 Å². The molecule has 2 heterocycles. The molecule has 6 nitrogen and oxygen atoms in total. The molecule has 3 aromatic carbocycles. The van der Waals surface area contributed by atoms with Crippen LogP contribution in [0.1, 0.15) is 37.9 Å². The largest absolute Gasteiger partial charge is 0.494 e. The lowest BCUT2D eigenvalue weighted by Gasteiger charge is -2.34. The molecule has 5 rings (SSSR count). The van der Waals surface area contributed by atoms with Crippen molar-refractivity contribution in [2.75, 3.05) is 13.2 Å². The fourth-order valence-corrected chi connectivity index (χ4v) is 4.75. The van der Waals surface area contributed by atoms with Crippen LogP contribution in [-0.4, -0.2) is 29.9 Å². The van der Waals surface area contributed by atoms with Gasteiger partial charge in [-0.05, 0) is 36.7 Å². The summed E-state index contributed by atoms with van der Waals surface area (Å²) in [7, 11) is -1.26. The number of rotatable bonds is 5. The molecule has 0 amide bonds. The number of nitrogens with zero attached hydrogens (tertiary/aromatic N) is 2. The van der Waals surface area contributed by atoms with Crippen molar-refractivity contribution >= 4 is 23.5 Å². The Morgan fingerprint density at radius 2 is 1.68 bits per heavy atom. The van der Waals surface area contributed by atoms with Gasteiger partial charge >= 0.3 is 13.3 Å². The summed E-state index contributed by atoms with van der Waals surface area (Å²) in [4.78, 5) is 16.4. The van der Waals surface area contributed by atoms with Crippen LogP contribution in [0.25, 0.3) is 10.9 Å². The van der Waals surface area contributed by atoms with E-state index in [1.807, 2.05) is 13.8 Å². The molecule has 0 saturated carbocycles. The Morgan fingerprint density at radius 1 is 1.02 bits per heavy atom. The van der Waals surface area contributed by atoms with Crippen molar-refractivity contribution in [3.8, 4) is 11.5 Å². The van der Waals surface area contributed by atoms with Crippen LogP contribution >= 0.6 is 0 Å². The third kappa shape index (κ3) is 5.69. The van der Waals surface area contributed by atoms with E-state index < -0.39 is 59.2 Å². The maximum absolute atomic E-state index is 14.5. The fraction of sp³-hybridized carbons (Fsp3) is 0.286. The molecular weight excluding hydrogens is 553 g/mol. The third-order valence-electron chi connectivity index (χ3n) is 6.73. The van der Waals surface area contributed by atoms with Gasteiger partial charge in [0.05, 0.1) is 28.8 Å². The van der Waals surface area contributed by atoms with E-state index in [1.54, 1.807) is 0 Å². The van der Waals surface area contributed by atoms with Crippen molar-refractivity contribution in [3.63, 3.8) is 0 Å². The van der Waals surface area contributed by atoms with Crippen molar-refractivity contribution in [2.45, 2.75) is 33.0 Å². The number of aromatic nitrogens is 2. The van der Waals surface area contributed by atoms with Crippen LogP contribution in [0.3, 0.4) is 0 Å². The zero-order valence-corrected chi connectivity index (χ0v) is 22.1. The highest BCUT2D eigenvalue weighted by atomic mass is 19.4. The van der Waals surface area contributed by atoms with Crippen LogP contribution in [0, 0.1) is 22.9 Å². The van der Waals surface area contributed by atoms with E-state index in [-0.39, 0.29) is 40.7 Å². The molecule has 1 unspecified atom stereocenters.